The second-order valence-electron chi connectivity index (χ2n) is 4.81. The molecular formula is C18H16O2SiV. The Morgan fingerprint density at radius 2 is 0.773 bits per heavy atom. The maximum atomic E-state index is 11.6. The van der Waals surface area contributed by atoms with Crippen LogP contribution >= 0.6 is 0 Å². The van der Waals surface area contributed by atoms with Gasteiger partial charge in [0.2, 0.25) is 0 Å². The van der Waals surface area contributed by atoms with Crippen molar-refractivity contribution in [2.24, 2.45) is 0 Å². The van der Waals surface area contributed by atoms with Crippen LogP contribution in [0.25, 0.3) is 0 Å². The first kappa shape index (κ1) is 16.6. The van der Waals surface area contributed by atoms with Gasteiger partial charge in [-0.2, -0.15) is 0 Å². The molecular weight excluding hydrogens is 327 g/mol. The van der Waals surface area contributed by atoms with E-state index in [-0.39, 0.29) is 0 Å². The minimum absolute atomic E-state index is 1.01. The SMILES string of the molecule is O[Si](c1ccccc1)(c1ccccc1)c1ccccc1.[O]=[V]. The number of rotatable bonds is 3. The van der Waals surface area contributed by atoms with Gasteiger partial charge in [-0.25, -0.2) is 0 Å². The van der Waals surface area contributed by atoms with E-state index >= 15 is 0 Å². The molecule has 3 rings (SSSR count). The van der Waals surface area contributed by atoms with Gasteiger partial charge < -0.3 is 4.80 Å². The summed E-state index contributed by atoms with van der Waals surface area (Å²) >= 11 is 1.06. The third kappa shape index (κ3) is 3.34. The molecule has 4 heteroatoms. The van der Waals surface area contributed by atoms with Crippen LogP contribution in [0.4, 0.5) is 0 Å². The van der Waals surface area contributed by atoms with Gasteiger partial charge in [0.05, 0.1) is 0 Å². The molecule has 0 saturated heterocycles. The summed E-state index contributed by atoms with van der Waals surface area (Å²) in [5.74, 6) is 0. The van der Waals surface area contributed by atoms with Gasteiger partial charge in [0.15, 0.2) is 0 Å². The summed E-state index contributed by atoms with van der Waals surface area (Å²) in [7, 11) is -2.88. The van der Waals surface area contributed by atoms with Gasteiger partial charge in [0, 0.05) is 0 Å². The molecule has 0 heterocycles. The Morgan fingerprint density at radius 1 is 0.545 bits per heavy atom. The number of hydrogen-bond acceptors (Lipinski definition) is 2. The number of hydrogen-bond donors (Lipinski definition) is 1. The first-order chi connectivity index (χ1) is 10.8. The van der Waals surface area contributed by atoms with Crippen molar-refractivity contribution in [3.63, 3.8) is 0 Å². The Balaban J connectivity index is 0.000000847. The molecule has 3 aromatic carbocycles. The molecule has 0 amide bonds. The third-order valence-corrected chi connectivity index (χ3v) is 7.08. The van der Waals surface area contributed by atoms with Crippen LogP contribution in [-0.4, -0.2) is 13.1 Å². The van der Waals surface area contributed by atoms with E-state index in [1.54, 1.807) is 0 Å². The van der Waals surface area contributed by atoms with Crippen LogP contribution in [0.3, 0.4) is 0 Å². The molecule has 0 aliphatic heterocycles. The second-order valence-corrected chi connectivity index (χ2v) is 7.96. The van der Waals surface area contributed by atoms with Crippen LogP contribution < -0.4 is 15.6 Å². The summed E-state index contributed by atoms with van der Waals surface area (Å²) < 4.78 is 8.19. The van der Waals surface area contributed by atoms with Gasteiger partial charge in [-0.05, 0) is 15.6 Å². The number of benzene rings is 3. The van der Waals surface area contributed by atoms with Gasteiger partial charge in [-0.3, -0.25) is 0 Å². The van der Waals surface area contributed by atoms with Crippen LogP contribution in [-0.2, 0) is 21.0 Å². The molecule has 109 valence electrons. The van der Waals surface area contributed by atoms with E-state index in [1.807, 2.05) is 91.0 Å². The van der Waals surface area contributed by atoms with Crippen molar-refractivity contribution in [3.8, 4) is 0 Å². The Kier molecular flexibility index (Phi) is 6.04. The van der Waals surface area contributed by atoms with Crippen molar-refractivity contribution in [2.45, 2.75) is 0 Å². The van der Waals surface area contributed by atoms with E-state index in [4.69, 9.17) is 3.67 Å². The zero-order valence-electron chi connectivity index (χ0n) is 12.0. The van der Waals surface area contributed by atoms with Crippen LogP contribution in [0.2, 0.25) is 0 Å². The van der Waals surface area contributed by atoms with E-state index in [2.05, 4.69) is 0 Å². The summed E-state index contributed by atoms with van der Waals surface area (Å²) in [6.45, 7) is 0. The van der Waals surface area contributed by atoms with Crippen molar-refractivity contribution in [2.75, 3.05) is 0 Å². The molecule has 0 aliphatic carbocycles. The van der Waals surface area contributed by atoms with E-state index in [1.165, 1.54) is 0 Å². The summed E-state index contributed by atoms with van der Waals surface area (Å²) in [6.07, 6.45) is 0. The van der Waals surface area contributed by atoms with Crippen LogP contribution in [0.1, 0.15) is 0 Å². The molecule has 0 aliphatic rings. The first-order valence-electron chi connectivity index (χ1n) is 6.89. The summed E-state index contributed by atoms with van der Waals surface area (Å²) in [6, 6.07) is 30.0. The molecule has 22 heavy (non-hydrogen) atoms. The van der Waals surface area contributed by atoms with Crippen LogP contribution in [0, 0.1) is 0 Å². The molecule has 2 nitrogen and oxygen atoms in total. The molecule has 0 saturated carbocycles. The standard InChI is InChI=1S/C18H16OSi.O.V/c19-20(16-10-4-1-5-11-16,17-12-6-2-7-13-17)18-14-8-3-9-15-18;;/h1-15,19H;;. The molecule has 1 N–H and O–H groups in total. The van der Waals surface area contributed by atoms with E-state index in [0.29, 0.717) is 0 Å². The Morgan fingerprint density at radius 3 is 1.00 bits per heavy atom. The monoisotopic (exact) mass is 343 g/mol. The molecule has 0 aromatic heterocycles. The van der Waals surface area contributed by atoms with E-state index in [9.17, 15) is 4.80 Å². The van der Waals surface area contributed by atoms with Gasteiger partial charge in [0.25, 0.3) is 8.32 Å². The van der Waals surface area contributed by atoms with Crippen molar-refractivity contribution in [1.82, 2.24) is 0 Å². The quantitative estimate of drug-likeness (QED) is 0.578. The molecule has 0 atom stereocenters. The molecule has 0 unspecified atom stereocenters. The molecule has 0 radical (unpaired) electrons. The Labute approximate surface area is 140 Å². The van der Waals surface area contributed by atoms with Gasteiger partial charge in [-0.1, -0.05) is 91.0 Å². The minimum atomic E-state index is -2.88. The fourth-order valence-electron chi connectivity index (χ4n) is 2.54. The van der Waals surface area contributed by atoms with Gasteiger partial charge in [-0.15, -0.1) is 0 Å². The third-order valence-electron chi connectivity index (χ3n) is 3.57. The second kappa shape index (κ2) is 8.01. The molecule has 0 fully saturated rings. The molecule has 0 bridgehead atoms. The van der Waals surface area contributed by atoms with E-state index < -0.39 is 8.32 Å². The van der Waals surface area contributed by atoms with Crippen LogP contribution in [0.5, 0.6) is 0 Å². The first-order valence-corrected chi connectivity index (χ1v) is 9.41. The van der Waals surface area contributed by atoms with E-state index in [0.717, 1.165) is 32.9 Å². The molecule has 3 aromatic rings. The fourth-order valence-corrected chi connectivity index (χ4v) is 5.56. The maximum absolute atomic E-state index is 11.6. The normalized spacial score (nSPS) is 10.4. The van der Waals surface area contributed by atoms with Crippen molar-refractivity contribution < 1.29 is 25.8 Å². The Hall–Kier alpha value is -1.78. The Bertz CT molecular complexity index is 593. The predicted molar refractivity (Wildman–Crippen MR) is 86.9 cm³/mol. The predicted octanol–water partition coefficient (Wildman–Crippen LogP) is 1.52. The van der Waals surface area contributed by atoms with Crippen molar-refractivity contribution in [3.05, 3.63) is 91.0 Å². The summed E-state index contributed by atoms with van der Waals surface area (Å²) in [5, 5.41) is 3.03. The summed E-state index contributed by atoms with van der Waals surface area (Å²) in [4.78, 5) is 11.6. The van der Waals surface area contributed by atoms with Crippen molar-refractivity contribution >= 4 is 23.9 Å². The summed E-state index contributed by atoms with van der Waals surface area (Å²) in [5.41, 5.74) is 0. The topological polar surface area (TPSA) is 37.3 Å². The van der Waals surface area contributed by atoms with Gasteiger partial charge >= 0.3 is 21.0 Å². The average Bonchev–Trinajstić information content (AvgIpc) is 2.65. The zero-order chi connectivity index (χ0) is 15.8. The molecule has 0 spiro atoms. The van der Waals surface area contributed by atoms with Gasteiger partial charge in [0.1, 0.15) is 0 Å². The average molecular weight is 343 g/mol. The zero-order valence-corrected chi connectivity index (χ0v) is 14.4. The van der Waals surface area contributed by atoms with Crippen molar-refractivity contribution in [1.29, 1.82) is 0 Å². The fraction of sp³-hybridized carbons (Fsp3) is 0. The van der Waals surface area contributed by atoms with Crippen LogP contribution in [0.15, 0.2) is 91.0 Å².